The maximum absolute atomic E-state index is 5.78. The Kier molecular flexibility index (Phi) is 11.5. The zero-order valence-electron chi connectivity index (χ0n) is 12.6. The van der Waals surface area contributed by atoms with Crippen LogP contribution in [0.3, 0.4) is 0 Å². The smallest absolute Gasteiger partial charge is 0.0645 e. The van der Waals surface area contributed by atoms with Crippen LogP contribution in [0, 0.1) is 5.41 Å². The standard InChI is InChI=1S/C14H23NO.C2H6/c1-6-9-16-11-14(4,5)12(7-2)10-13(15)8-3;1-2/h6-8,10H,1-2,9,11,15H2,3-5H3;1-2H3/b12-10+,13-8+;. The van der Waals surface area contributed by atoms with E-state index in [0.717, 1.165) is 11.3 Å². The van der Waals surface area contributed by atoms with Crippen molar-refractivity contribution in [2.24, 2.45) is 11.1 Å². The number of ether oxygens (including phenoxy) is 1. The van der Waals surface area contributed by atoms with Gasteiger partial charge in [0.25, 0.3) is 0 Å². The highest BCUT2D eigenvalue weighted by atomic mass is 16.5. The molecule has 0 bridgehead atoms. The van der Waals surface area contributed by atoms with Crippen LogP contribution in [-0.4, -0.2) is 13.2 Å². The zero-order valence-corrected chi connectivity index (χ0v) is 12.6. The Hall–Kier alpha value is -1.28. The van der Waals surface area contributed by atoms with Crippen LogP contribution in [0.25, 0.3) is 0 Å². The molecular formula is C16H29NO. The van der Waals surface area contributed by atoms with Gasteiger partial charge in [0, 0.05) is 11.1 Å². The summed E-state index contributed by atoms with van der Waals surface area (Å²) >= 11 is 0. The van der Waals surface area contributed by atoms with Gasteiger partial charge in [-0.05, 0) is 18.6 Å². The Morgan fingerprint density at radius 2 is 1.83 bits per heavy atom. The second kappa shape index (κ2) is 10.8. The molecule has 104 valence electrons. The van der Waals surface area contributed by atoms with E-state index in [1.807, 2.05) is 39.0 Å². The summed E-state index contributed by atoms with van der Waals surface area (Å²) in [5, 5.41) is 0. The molecular weight excluding hydrogens is 222 g/mol. The minimum atomic E-state index is -0.0988. The molecule has 0 aliphatic rings. The fourth-order valence-electron chi connectivity index (χ4n) is 1.27. The number of nitrogens with two attached hydrogens (primary N) is 1. The molecule has 0 rings (SSSR count). The molecule has 0 heterocycles. The van der Waals surface area contributed by atoms with Gasteiger partial charge in [-0.25, -0.2) is 0 Å². The fraction of sp³-hybridized carbons (Fsp3) is 0.500. The first-order valence-electron chi connectivity index (χ1n) is 6.43. The Labute approximate surface area is 113 Å². The number of rotatable bonds is 7. The Balaban J connectivity index is 0. The average Bonchev–Trinajstić information content (AvgIpc) is 2.37. The van der Waals surface area contributed by atoms with Crippen molar-refractivity contribution in [1.82, 2.24) is 0 Å². The van der Waals surface area contributed by atoms with Crippen molar-refractivity contribution in [3.63, 3.8) is 0 Å². The Bertz CT molecular complexity index is 298. The van der Waals surface area contributed by atoms with E-state index in [4.69, 9.17) is 10.5 Å². The molecule has 2 N–H and O–H groups in total. The topological polar surface area (TPSA) is 35.2 Å². The van der Waals surface area contributed by atoms with E-state index in [0.29, 0.717) is 13.2 Å². The predicted molar refractivity (Wildman–Crippen MR) is 82.4 cm³/mol. The van der Waals surface area contributed by atoms with E-state index in [-0.39, 0.29) is 5.41 Å². The van der Waals surface area contributed by atoms with Crippen molar-refractivity contribution in [2.75, 3.05) is 13.2 Å². The van der Waals surface area contributed by atoms with Gasteiger partial charge in [-0.3, -0.25) is 0 Å². The van der Waals surface area contributed by atoms with Gasteiger partial charge in [-0.1, -0.05) is 52.5 Å². The van der Waals surface area contributed by atoms with Crippen LogP contribution in [0.15, 0.2) is 48.7 Å². The highest BCUT2D eigenvalue weighted by Crippen LogP contribution is 2.28. The van der Waals surface area contributed by atoms with Crippen molar-refractivity contribution in [2.45, 2.75) is 34.6 Å². The van der Waals surface area contributed by atoms with E-state index in [2.05, 4.69) is 27.0 Å². The monoisotopic (exact) mass is 251 g/mol. The van der Waals surface area contributed by atoms with E-state index in [1.165, 1.54) is 0 Å². The largest absolute Gasteiger partial charge is 0.399 e. The van der Waals surface area contributed by atoms with Crippen LogP contribution in [0.1, 0.15) is 34.6 Å². The first-order chi connectivity index (χ1) is 8.47. The van der Waals surface area contributed by atoms with E-state index < -0.39 is 0 Å². The second-order valence-electron chi connectivity index (χ2n) is 4.28. The number of allylic oxidation sites excluding steroid dienone is 3. The highest BCUT2D eigenvalue weighted by Gasteiger charge is 2.21. The molecule has 0 atom stereocenters. The molecule has 0 aromatic heterocycles. The SMILES string of the molecule is C=CCOCC(C)(C)/C(C=C)=C/C(N)=C\C.CC. The molecule has 0 spiro atoms. The number of hydrogen-bond acceptors (Lipinski definition) is 2. The third kappa shape index (κ3) is 7.91. The fourth-order valence-corrected chi connectivity index (χ4v) is 1.27. The van der Waals surface area contributed by atoms with E-state index in [9.17, 15) is 0 Å². The van der Waals surface area contributed by atoms with Gasteiger partial charge in [0.2, 0.25) is 0 Å². The first-order valence-corrected chi connectivity index (χ1v) is 6.43. The summed E-state index contributed by atoms with van der Waals surface area (Å²) < 4.78 is 5.48. The van der Waals surface area contributed by atoms with Crippen molar-refractivity contribution in [3.8, 4) is 0 Å². The summed E-state index contributed by atoms with van der Waals surface area (Å²) in [7, 11) is 0. The molecule has 0 radical (unpaired) electrons. The minimum absolute atomic E-state index is 0.0988. The molecule has 18 heavy (non-hydrogen) atoms. The molecule has 0 aliphatic carbocycles. The van der Waals surface area contributed by atoms with Crippen molar-refractivity contribution < 1.29 is 4.74 Å². The third-order valence-electron chi connectivity index (χ3n) is 2.36. The highest BCUT2D eigenvalue weighted by molar-refractivity contribution is 5.31. The molecule has 0 aromatic carbocycles. The van der Waals surface area contributed by atoms with Gasteiger partial charge in [-0.2, -0.15) is 0 Å². The van der Waals surface area contributed by atoms with Crippen molar-refractivity contribution in [1.29, 1.82) is 0 Å². The molecule has 0 aromatic rings. The first kappa shape index (κ1) is 19.1. The van der Waals surface area contributed by atoms with Crippen LogP contribution in [0.4, 0.5) is 0 Å². The van der Waals surface area contributed by atoms with E-state index in [1.54, 1.807) is 6.08 Å². The third-order valence-corrected chi connectivity index (χ3v) is 2.36. The molecule has 0 aliphatic heterocycles. The summed E-state index contributed by atoms with van der Waals surface area (Å²) in [6.45, 7) is 18.7. The lowest BCUT2D eigenvalue weighted by molar-refractivity contribution is 0.101. The second-order valence-corrected chi connectivity index (χ2v) is 4.28. The van der Waals surface area contributed by atoms with E-state index >= 15 is 0 Å². The lowest BCUT2D eigenvalue weighted by Gasteiger charge is -2.26. The van der Waals surface area contributed by atoms with Crippen LogP contribution >= 0.6 is 0 Å². The summed E-state index contributed by atoms with van der Waals surface area (Å²) in [6.07, 6.45) is 7.37. The molecule has 0 saturated carbocycles. The van der Waals surface area contributed by atoms with Gasteiger partial charge in [0.1, 0.15) is 0 Å². The molecule has 2 nitrogen and oxygen atoms in total. The van der Waals surface area contributed by atoms with Crippen LogP contribution in [0.2, 0.25) is 0 Å². The lowest BCUT2D eigenvalue weighted by Crippen LogP contribution is -2.22. The normalized spacial score (nSPS) is 12.5. The molecule has 0 fully saturated rings. The minimum Gasteiger partial charge on any atom is -0.399 e. The molecule has 0 unspecified atom stereocenters. The van der Waals surface area contributed by atoms with Gasteiger partial charge in [0.05, 0.1) is 13.2 Å². The number of hydrogen-bond donors (Lipinski definition) is 1. The molecule has 0 saturated heterocycles. The van der Waals surface area contributed by atoms with Crippen LogP contribution in [0.5, 0.6) is 0 Å². The summed E-state index contributed by atoms with van der Waals surface area (Å²) in [5.41, 5.74) is 7.50. The Morgan fingerprint density at radius 1 is 1.28 bits per heavy atom. The van der Waals surface area contributed by atoms with Crippen molar-refractivity contribution >= 4 is 0 Å². The van der Waals surface area contributed by atoms with Gasteiger partial charge >= 0.3 is 0 Å². The van der Waals surface area contributed by atoms with Crippen molar-refractivity contribution in [3.05, 3.63) is 48.7 Å². The van der Waals surface area contributed by atoms with Gasteiger partial charge in [0.15, 0.2) is 0 Å². The van der Waals surface area contributed by atoms with Crippen LogP contribution in [-0.2, 0) is 4.74 Å². The lowest BCUT2D eigenvalue weighted by atomic mass is 9.84. The summed E-state index contributed by atoms with van der Waals surface area (Å²) in [6, 6.07) is 0. The van der Waals surface area contributed by atoms with Gasteiger partial charge < -0.3 is 10.5 Å². The molecule has 0 amide bonds. The summed E-state index contributed by atoms with van der Waals surface area (Å²) in [5.74, 6) is 0. The van der Waals surface area contributed by atoms with Crippen LogP contribution < -0.4 is 5.73 Å². The van der Waals surface area contributed by atoms with Gasteiger partial charge in [-0.15, -0.1) is 6.58 Å². The summed E-state index contributed by atoms with van der Waals surface area (Å²) in [4.78, 5) is 0. The maximum atomic E-state index is 5.78. The average molecular weight is 251 g/mol. The maximum Gasteiger partial charge on any atom is 0.0645 e. The predicted octanol–water partition coefficient (Wildman–Crippen LogP) is 4.22. The zero-order chi connectivity index (χ0) is 14.6. The Morgan fingerprint density at radius 3 is 2.22 bits per heavy atom. The molecule has 2 heteroatoms. The quantitative estimate of drug-likeness (QED) is 0.418.